The predicted octanol–water partition coefficient (Wildman–Crippen LogP) is 0.495. The van der Waals surface area contributed by atoms with E-state index in [1.807, 2.05) is 28.8 Å². The van der Waals surface area contributed by atoms with E-state index in [-0.39, 0.29) is 0 Å². The van der Waals surface area contributed by atoms with E-state index < -0.39 is 0 Å². The Kier molecular flexibility index (Phi) is 2.96. The highest BCUT2D eigenvalue weighted by Crippen LogP contribution is 2.02. The van der Waals surface area contributed by atoms with Gasteiger partial charge in [0.1, 0.15) is 5.82 Å². The van der Waals surface area contributed by atoms with Gasteiger partial charge < -0.3 is 5.32 Å². The molecule has 0 aliphatic heterocycles. The summed E-state index contributed by atoms with van der Waals surface area (Å²) in [6.07, 6.45) is 7.92. The first-order valence-corrected chi connectivity index (χ1v) is 4.84. The summed E-state index contributed by atoms with van der Waals surface area (Å²) in [6.45, 7) is 1.41. The van der Waals surface area contributed by atoms with E-state index in [2.05, 4.69) is 21.4 Å². The number of hydrogen-bond acceptors (Lipinski definition) is 3. The maximum Gasteiger partial charge on any atom is 0.160 e. The lowest BCUT2D eigenvalue weighted by Gasteiger charge is -1.99. The van der Waals surface area contributed by atoms with Crippen LogP contribution < -0.4 is 5.32 Å². The van der Waals surface area contributed by atoms with Gasteiger partial charge in [-0.15, -0.1) is 16.6 Å². The summed E-state index contributed by atoms with van der Waals surface area (Å²) >= 11 is 0. The lowest BCUT2D eigenvalue weighted by molar-refractivity contribution is 0.720. The maximum absolute atomic E-state index is 5.13. The molecule has 2 aromatic rings. The van der Waals surface area contributed by atoms with Gasteiger partial charge in [-0.1, -0.05) is 12.0 Å². The van der Waals surface area contributed by atoms with Crippen molar-refractivity contribution in [3.63, 3.8) is 0 Å². The summed E-state index contributed by atoms with van der Waals surface area (Å²) in [5, 5.41) is 11.3. The molecule has 76 valence electrons. The van der Waals surface area contributed by atoms with E-state index in [1.54, 1.807) is 0 Å². The van der Waals surface area contributed by atoms with Gasteiger partial charge in [0.05, 0.1) is 6.54 Å². The van der Waals surface area contributed by atoms with Gasteiger partial charge in [0, 0.05) is 19.2 Å². The van der Waals surface area contributed by atoms with Crippen LogP contribution in [0.15, 0.2) is 24.4 Å². The minimum absolute atomic E-state index is 0.594. The fourth-order valence-electron chi connectivity index (χ4n) is 1.42. The molecule has 0 spiro atoms. The Balaban J connectivity index is 2.05. The molecule has 0 aliphatic carbocycles. The molecule has 4 nitrogen and oxygen atoms in total. The molecule has 0 amide bonds. The third-order valence-electron chi connectivity index (χ3n) is 2.14. The third kappa shape index (κ3) is 2.14. The molecular formula is C11H12N4. The summed E-state index contributed by atoms with van der Waals surface area (Å²) in [5.74, 6) is 3.48. The van der Waals surface area contributed by atoms with Crippen LogP contribution in [0.4, 0.5) is 0 Å². The second kappa shape index (κ2) is 4.58. The highest BCUT2D eigenvalue weighted by atomic mass is 15.2. The van der Waals surface area contributed by atoms with Crippen molar-refractivity contribution in [3.8, 4) is 12.3 Å². The van der Waals surface area contributed by atoms with Crippen molar-refractivity contribution in [2.45, 2.75) is 6.42 Å². The average Bonchev–Trinajstić information content (AvgIpc) is 2.68. The smallest absolute Gasteiger partial charge is 0.160 e. The van der Waals surface area contributed by atoms with Gasteiger partial charge in [0.25, 0.3) is 0 Å². The van der Waals surface area contributed by atoms with Gasteiger partial charge in [0.15, 0.2) is 5.65 Å². The van der Waals surface area contributed by atoms with Crippen LogP contribution in [0, 0.1) is 12.3 Å². The number of pyridine rings is 1. The number of nitrogens with one attached hydrogen (secondary N) is 1. The molecule has 0 unspecified atom stereocenters. The quantitative estimate of drug-likeness (QED) is 0.577. The number of rotatable bonds is 4. The van der Waals surface area contributed by atoms with Crippen LogP contribution in [0.1, 0.15) is 5.82 Å². The molecule has 2 rings (SSSR count). The predicted molar refractivity (Wildman–Crippen MR) is 58.4 cm³/mol. The van der Waals surface area contributed by atoms with Crippen LogP contribution in [0.2, 0.25) is 0 Å². The third-order valence-corrected chi connectivity index (χ3v) is 2.14. The molecule has 0 aliphatic rings. The molecule has 0 atom stereocenters. The van der Waals surface area contributed by atoms with Crippen molar-refractivity contribution in [3.05, 3.63) is 30.2 Å². The number of fused-ring (bicyclic) bond motifs is 1. The standard InChI is InChI=1S/C11H12N4/c1-2-7-12-8-6-11-14-13-10-5-3-4-9-15(10)11/h1,3-5,9,12H,6-8H2. The van der Waals surface area contributed by atoms with Gasteiger partial charge in [-0.2, -0.15) is 0 Å². The highest BCUT2D eigenvalue weighted by Gasteiger charge is 2.02. The first-order valence-electron chi connectivity index (χ1n) is 4.84. The second-order valence-corrected chi connectivity index (χ2v) is 3.18. The van der Waals surface area contributed by atoms with Crippen LogP contribution in [-0.2, 0) is 6.42 Å². The lowest BCUT2D eigenvalue weighted by atomic mass is 10.4. The molecule has 0 radical (unpaired) electrons. The Morgan fingerprint density at radius 1 is 1.40 bits per heavy atom. The van der Waals surface area contributed by atoms with Gasteiger partial charge >= 0.3 is 0 Å². The van der Waals surface area contributed by atoms with Crippen molar-refractivity contribution in [2.75, 3.05) is 13.1 Å². The maximum atomic E-state index is 5.13. The molecule has 0 bridgehead atoms. The van der Waals surface area contributed by atoms with Crippen LogP contribution in [-0.4, -0.2) is 27.7 Å². The van der Waals surface area contributed by atoms with Crippen molar-refractivity contribution < 1.29 is 0 Å². The first-order chi connectivity index (χ1) is 7.42. The second-order valence-electron chi connectivity index (χ2n) is 3.18. The highest BCUT2D eigenvalue weighted by molar-refractivity contribution is 5.36. The van der Waals surface area contributed by atoms with Crippen molar-refractivity contribution in [2.24, 2.45) is 0 Å². The summed E-state index contributed by atoms with van der Waals surface area (Å²) in [4.78, 5) is 0. The van der Waals surface area contributed by atoms with Gasteiger partial charge in [-0.3, -0.25) is 4.40 Å². The fourth-order valence-corrected chi connectivity index (χ4v) is 1.42. The summed E-state index contributed by atoms with van der Waals surface area (Å²) < 4.78 is 1.98. The van der Waals surface area contributed by atoms with E-state index in [9.17, 15) is 0 Å². The number of aromatic nitrogens is 3. The topological polar surface area (TPSA) is 42.2 Å². The van der Waals surface area contributed by atoms with Crippen LogP contribution >= 0.6 is 0 Å². The minimum atomic E-state index is 0.594. The number of terminal acetylenes is 1. The zero-order valence-electron chi connectivity index (χ0n) is 8.35. The van der Waals surface area contributed by atoms with Crippen molar-refractivity contribution in [1.82, 2.24) is 19.9 Å². The first kappa shape index (κ1) is 9.69. The molecule has 0 fully saturated rings. The van der Waals surface area contributed by atoms with Crippen molar-refractivity contribution in [1.29, 1.82) is 0 Å². The molecular weight excluding hydrogens is 188 g/mol. The van der Waals surface area contributed by atoms with E-state index in [1.165, 1.54) is 0 Å². The fraction of sp³-hybridized carbons (Fsp3) is 0.273. The molecule has 1 N–H and O–H groups in total. The van der Waals surface area contributed by atoms with E-state index >= 15 is 0 Å². The Morgan fingerprint density at radius 3 is 3.20 bits per heavy atom. The summed E-state index contributed by atoms with van der Waals surface area (Å²) in [7, 11) is 0. The molecule has 0 aromatic carbocycles. The summed E-state index contributed by atoms with van der Waals surface area (Å²) in [5.41, 5.74) is 0.879. The Morgan fingerprint density at radius 2 is 2.33 bits per heavy atom. The molecule has 2 heterocycles. The minimum Gasteiger partial charge on any atom is -0.306 e. The van der Waals surface area contributed by atoms with Crippen LogP contribution in [0.5, 0.6) is 0 Å². The van der Waals surface area contributed by atoms with E-state index in [0.29, 0.717) is 6.54 Å². The molecule has 0 saturated carbocycles. The molecule has 2 aromatic heterocycles. The zero-order chi connectivity index (χ0) is 10.5. The van der Waals surface area contributed by atoms with Crippen molar-refractivity contribution >= 4 is 5.65 Å². The normalized spacial score (nSPS) is 10.3. The van der Waals surface area contributed by atoms with Crippen LogP contribution in [0.3, 0.4) is 0 Å². The largest absolute Gasteiger partial charge is 0.306 e. The molecule has 4 heteroatoms. The SMILES string of the molecule is C#CCNCCc1nnc2ccccn12. The Hall–Kier alpha value is -1.86. The van der Waals surface area contributed by atoms with Gasteiger partial charge in [-0.25, -0.2) is 0 Å². The monoisotopic (exact) mass is 200 g/mol. The van der Waals surface area contributed by atoms with E-state index in [4.69, 9.17) is 6.42 Å². The molecule has 0 saturated heterocycles. The van der Waals surface area contributed by atoms with Crippen LogP contribution in [0.25, 0.3) is 5.65 Å². The number of hydrogen-bond donors (Lipinski definition) is 1. The zero-order valence-corrected chi connectivity index (χ0v) is 8.35. The van der Waals surface area contributed by atoms with Gasteiger partial charge in [-0.05, 0) is 12.1 Å². The number of nitrogens with zero attached hydrogens (tertiary/aromatic N) is 3. The van der Waals surface area contributed by atoms with E-state index in [0.717, 1.165) is 24.4 Å². The Bertz CT molecular complexity index is 481. The average molecular weight is 200 g/mol. The lowest BCUT2D eigenvalue weighted by Crippen LogP contribution is -2.18. The molecule has 15 heavy (non-hydrogen) atoms. The summed E-state index contributed by atoms with van der Waals surface area (Å²) in [6, 6.07) is 5.85. The Labute approximate surface area is 88.3 Å². The van der Waals surface area contributed by atoms with Gasteiger partial charge in [0.2, 0.25) is 0 Å².